The standard InChI is InChI=1S/C21H20FN3O5/c1-28-17-9-13(10-18(29-2)21(17)30-3)16-7-8-20(27)25(24-16)12-19(26)23-15-6-4-5-14(22)11-15/h4-11H,12H2,1-3H3,(H,23,26). The van der Waals surface area contributed by atoms with Crippen LogP contribution in [-0.2, 0) is 11.3 Å². The molecule has 0 unspecified atom stereocenters. The second-order valence-corrected chi connectivity index (χ2v) is 6.19. The van der Waals surface area contributed by atoms with Gasteiger partial charge in [0, 0.05) is 17.3 Å². The second-order valence-electron chi connectivity index (χ2n) is 6.19. The average molecular weight is 413 g/mol. The summed E-state index contributed by atoms with van der Waals surface area (Å²) in [6, 6.07) is 11.7. The fourth-order valence-corrected chi connectivity index (χ4v) is 2.85. The van der Waals surface area contributed by atoms with Crippen molar-refractivity contribution in [3.8, 4) is 28.5 Å². The van der Waals surface area contributed by atoms with Gasteiger partial charge in [-0.3, -0.25) is 9.59 Å². The highest BCUT2D eigenvalue weighted by atomic mass is 19.1. The molecule has 0 aliphatic heterocycles. The summed E-state index contributed by atoms with van der Waals surface area (Å²) in [5, 5.41) is 6.80. The number of methoxy groups -OCH3 is 3. The van der Waals surface area contributed by atoms with E-state index < -0.39 is 17.3 Å². The fourth-order valence-electron chi connectivity index (χ4n) is 2.85. The second kappa shape index (κ2) is 9.08. The van der Waals surface area contributed by atoms with Crippen LogP contribution in [-0.4, -0.2) is 37.0 Å². The number of rotatable bonds is 7. The summed E-state index contributed by atoms with van der Waals surface area (Å²) < 4.78 is 30.3. The first-order valence-corrected chi connectivity index (χ1v) is 8.89. The number of aromatic nitrogens is 2. The van der Waals surface area contributed by atoms with Crippen LogP contribution >= 0.6 is 0 Å². The number of ether oxygens (including phenoxy) is 3. The summed E-state index contributed by atoms with van der Waals surface area (Å²) in [4.78, 5) is 24.5. The lowest BCUT2D eigenvalue weighted by molar-refractivity contribution is -0.117. The van der Waals surface area contributed by atoms with Gasteiger partial charge in [-0.05, 0) is 36.4 Å². The van der Waals surface area contributed by atoms with E-state index in [1.54, 1.807) is 18.2 Å². The van der Waals surface area contributed by atoms with E-state index in [1.165, 1.54) is 51.7 Å². The number of hydrogen-bond acceptors (Lipinski definition) is 6. The van der Waals surface area contributed by atoms with E-state index in [1.807, 2.05) is 0 Å². The lowest BCUT2D eigenvalue weighted by Crippen LogP contribution is -2.29. The molecule has 0 atom stereocenters. The molecular formula is C21H20FN3O5. The number of carbonyl (C=O) groups excluding carboxylic acids is 1. The molecule has 0 radical (unpaired) electrons. The molecule has 0 saturated carbocycles. The van der Waals surface area contributed by atoms with E-state index in [0.717, 1.165) is 4.68 Å². The zero-order valence-corrected chi connectivity index (χ0v) is 16.6. The van der Waals surface area contributed by atoms with Gasteiger partial charge in [0.2, 0.25) is 11.7 Å². The molecule has 3 rings (SSSR count). The lowest BCUT2D eigenvalue weighted by atomic mass is 10.1. The zero-order chi connectivity index (χ0) is 21.7. The molecule has 1 aromatic heterocycles. The van der Waals surface area contributed by atoms with Gasteiger partial charge in [-0.15, -0.1) is 0 Å². The molecule has 1 heterocycles. The topological polar surface area (TPSA) is 91.7 Å². The molecule has 0 aliphatic carbocycles. The van der Waals surface area contributed by atoms with Gasteiger partial charge in [-0.25, -0.2) is 9.07 Å². The summed E-state index contributed by atoms with van der Waals surface area (Å²) in [6.07, 6.45) is 0. The van der Waals surface area contributed by atoms with Crippen molar-refractivity contribution in [3.05, 3.63) is 64.7 Å². The van der Waals surface area contributed by atoms with Crippen LogP contribution in [0, 0.1) is 5.82 Å². The third-order valence-corrected chi connectivity index (χ3v) is 4.23. The number of anilines is 1. The first-order valence-electron chi connectivity index (χ1n) is 8.89. The molecule has 1 amide bonds. The Morgan fingerprint density at radius 2 is 1.73 bits per heavy atom. The highest BCUT2D eigenvalue weighted by molar-refractivity contribution is 5.90. The van der Waals surface area contributed by atoms with Gasteiger partial charge in [-0.2, -0.15) is 5.10 Å². The van der Waals surface area contributed by atoms with E-state index in [0.29, 0.717) is 28.5 Å². The Bertz CT molecular complexity index is 1100. The molecular weight excluding hydrogens is 393 g/mol. The smallest absolute Gasteiger partial charge is 0.267 e. The SMILES string of the molecule is COc1cc(-c2ccc(=O)n(CC(=O)Nc3cccc(F)c3)n2)cc(OC)c1OC. The van der Waals surface area contributed by atoms with Crippen molar-refractivity contribution in [2.45, 2.75) is 6.54 Å². The molecule has 8 nitrogen and oxygen atoms in total. The van der Waals surface area contributed by atoms with Crippen molar-refractivity contribution in [1.29, 1.82) is 0 Å². The fraction of sp³-hybridized carbons (Fsp3) is 0.190. The van der Waals surface area contributed by atoms with Gasteiger partial charge >= 0.3 is 0 Å². The molecule has 3 aromatic rings. The van der Waals surface area contributed by atoms with Gasteiger partial charge in [0.05, 0.1) is 27.0 Å². The number of hydrogen-bond donors (Lipinski definition) is 1. The molecule has 0 saturated heterocycles. The first kappa shape index (κ1) is 20.8. The van der Waals surface area contributed by atoms with Crippen LogP contribution in [0.25, 0.3) is 11.3 Å². The number of halogens is 1. The predicted molar refractivity (Wildman–Crippen MR) is 109 cm³/mol. The summed E-state index contributed by atoms with van der Waals surface area (Å²) >= 11 is 0. The molecule has 30 heavy (non-hydrogen) atoms. The average Bonchev–Trinajstić information content (AvgIpc) is 2.74. The van der Waals surface area contributed by atoms with Gasteiger partial charge < -0.3 is 19.5 Å². The van der Waals surface area contributed by atoms with Gasteiger partial charge in [0.25, 0.3) is 5.56 Å². The summed E-state index contributed by atoms with van der Waals surface area (Å²) in [5.41, 5.74) is 0.852. The quantitative estimate of drug-likeness (QED) is 0.640. The van der Waals surface area contributed by atoms with Crippen LogP contribution in [0.2, 0.25) is 0 Å². The Kier molecular flexibility index (Phi) is 6.31. The number of benzene rings is 2. The summed E-state index contributed by atoms with van der Waals surface area (Å²) in [6.45, 7) is -0.340. The Labute approximate surface area is 171 Å². The van der Waals surface area contributed by atoms with Crippen LogP contribution in [0.1, 0.15) is 0 Å². The first-order chi connectivity index (χ1) is 14.4. The maximum absolute atomic E-state index is 13.3. The maximum atomic E-state index is 13.3. The van der Waals surface area contributed by atoms with Crippen molar-refractivity contribution in [2.24, 2.45) is 0 Å². The van der Waals surface area contributed by atoms with E-state index >= 15 is 0 Å². The monoisotopic (exact) mass is 413 g/mol. The van der Waals surface area contributed by atoms with E-state index in [9.17, 15) is 14.0 Å². The van der Waals surface area contributed by atoms with Crippen LogP contribution in [0.5, 0.6) is 17.2 Å². The predicted octanol–water partition coefficient (Wildman–Crippen LogP) is 2.71. The minimum Gasteiger partial charge on any atom is -0.493 e. The number of nitrogens with one attached hydrogen (secondary N) is 1. The maximum Gasteiger partial charge on any atom is 0.267 e. The molecule has 9 heteroatoms. The highest BCUT2D eigenvalue weighted by Gasteiger charge is 2.16. The van der Waals surface area contributed by atoms with Crippen LogP contribution in [0.3, 0.4) is 0 Å². The zero-order valence-electron chi connectivity index (χ0n) is 16.6. The van der Waals surface area contributed by atoms with Gasteiger partial charge in [-0.1, -0.05) is 6.07 Å². The number of amides is 1. The van der Waals surface area contributed by atoms with Crippen molar-refractivity contribution in [2.75, 3.05) is 26.6 Å². The minimum atomic E-state index is -0.516. The van der Waals surface area contributed by atoms with Crippen molar-refractivity contribution < 1.29 is 23.4 Å². The summed E-state index contributed by atoms with van der Waals surface area (Å²) in [5.74, 6) is 0.279. The number of nitrogens with zero attached hydrogens (tertiary/aromatic N) is 2. The van der Waals surface area contributed by atoms with E-state index in [2.05, 4.69) is 10.4 Å². The van der Waals surface area contributed by atoms with Crippen molar-refractivity contribution in [1.82, 2.24) is 9.78 Å². The Morgan fingerprint density at radius 1 is 1.03 bits per heavy atom. The third kappa shape index (κ3) is 4.57. The Hall–Kier alpha value is -3.88. The van der Waals surface area contributed by atoms with Crippen molar-refractivity contribution >= 4 is 11.6 Å². The van der Waals surface area contributed by atoms with Crippen LogP contribution in [0.4, 0.5) is 10.1 Å². The molecule has 2 aromatic carbocycles. The minimum absolute atomic E-state index is 0.286. The molecule has 1 N–H and O–H groups in total. The Morgan fingerprint density at radius 3 is 2.33 bits per heavy atom. The molecule has 0 spiro atoms. The van der Waals surface area contributed by atoms with Crippen LogP contribution < -0.4 is 25.1 Å². The van der Waals surface area contributed by atoms with E-state index in [4.69, 9.17) is 14.2 Å². The Balaban J connectivity index is 1.90. The third-order valence-electron chi connectivity index (χ3n) is 4.23. The normalized spacial score (nSPS) is 10.4. The van der Waals surface area contributed by atoms with E-state index in [-0.39, 0.29) is 12.2 Å². The summed E-state index contributed by atoms with van der Waals surface area (Å²) in [7, 11) is 4.48. The van der Waals surface area contributed by atoms with Crippen LogP contribution in [0.15, 0.2) is 53.3 Å². The largest absolute Gasteiger partial charge is 0.493 e. The molecule has 0 bridgehead atoms. The number of carbonyl (C=O) groups is 1. The highest BCUT2D eigenvalue weighted by Crippen LogP contribution is 2.40. The van der Waals surface area contributed by atoms with Gasteiger partial charge in [0.15, 0.2) is 11.5 Å². The van der Waals surface area contributed by atoms with Crippen molar-refractivity contribution in [3.63, 3.8) is 0 Å². The molecule has 0 aliphatic rings. The molecule has 156 valence electrons. The molecule has 0 fully saturated rings. The van der Waals surface area contributed by atoms with Gasteiger partial charge in [0.1, 0.15) is 12.4 Å². The lowest BCUT2D eigenvalue weighted by Gasteiger charge is -2.14.